The van der Waals surface area contributed by atoms with Gasteiger partial charge in [0, 0.05) is 0 Å². The Morgan fingerprint density at radius 3 is 2.63 bits per heavy atom. The highest BCUT2D eigenvalue weighted by atomic mass is 16.3. The summed E-state index contributed by atoms with van der Waals surface area (Å²) < 4.78 is 0. The topological polar surface area (TPSA) is 40.5 Å². The first-order chi connectivity index (χ1) is 9.18. The molecule has 104 valence electrons. The summed E-state index contributed by atoms with van der Waals surface area (Å²) >= 11 is 0. The van der Waals surface area contributed by atoms with Crippen LogP contribution in [-0.2, 0) is 6.42 Å². The fraction of sp³-hybridized carbons (Fsp3) is 0.647. The minimum Gasteiger partial charge on any atom is -0.390 e. The molecule has 2 unspecified atom stereocenters. The quantitative estimate of drug-likeness (QED) is 0.856. The van der Waals surface area contributed by atoms with Crippen LogP contribution in [0.4, 0.5) is 0 Å². The number of hydrogen-bond donors (Lipinski definition) is 2. The van der Waals surface area contributed by atoms with Gasteiger partial charge >= 0.3 is 0 Å². The third kappa shape index (κ3) is 2.70. The van der Waals surface area contributed by atoms with Crippen LogP contribution in [0.25, 0.3) is 0 Å². The molecule has 1 aromatic rings. The van der Waals surface area contributed by atoms with Crippen molar-refractivity contribution in [3.05, 3.63) is 35.4 Å². The van der Waals surface area contributed by atoms with E-state index in [0.29, 0.717) is 0 Å². The molecule has 0 spiro atoms. The molecule has 0 aliphatic heterocycles. The van der Waals surface area contributed by atoms with Crippen molar-refractivity contribution in [3.8, 4) is 0 Å². The van der Waals surface area contributed by atoms with Gasteiger partial charge in [-0.1, -0.05) is 43.5 Å². The predicted octanol–water partition coefficient (Wildman–Crippen LogP) is 3.37. The minimum absolute atomic E-state index is 0.220. The fourth-order valence-electron chi connectivity index (χ4n) is 3.92. The summed E-state index contributed by atoms with van der Waals surface area (Å²) in [7, 11) is 0. The van der Waals surface area contributed by atoms with Gasteiger partial charge in [0.15, 0.2) is 0 Å². The van der Waals surface area contributed by atoms with Gasteiger partial charge in [-0.2, -0.15) is 0 Å². The normalized spacial score (nSPS) is 29.8. The molecule has 2 heteroatoms. The lowest BCUT2D eigenvalue weighted by molar-refractivity contribution is -0.0423. The van der Waals surface area contributed by atoms with E-state index in [9.17, 15) is 10.2 Å². The second-order valence-corrected chi connectivity index (χ2v) is 6.43. The monoisotopic (exact) mass is 260 g/mol. The summed E-state index contributed by atoms with van der Waals surface area (Å²) in [5.41, 5.74) is 1.84. The lowest BCUT2D eigenvalue weighted by Gasteiger charge is -2.39. The van der Waals surface area contributed by atoms with E-state index in [4.69, 9.17) is 0 Å². The van der Waals surface area contributed by atoms with Crippen LogP contribution in [0, 0.1) is 5.92 Å². The average molecular weight is 260 g/mol. The lowest BCUT2D eigenvalue weighted by atomic mass is 9.72. The van der Waals surface area contributed by atoms with Crippen LogP contribution < -0.4 is 0 Å². The molecular weight excluding hydrogens is 236 g/mol. The molecule has 0 heterocycles. The SMILES string of the molecule is OC1c2ccccc2CCC1CC1(O)CCCCC1. The molecular formula is C17H24O2. The van der Waals surface area contributed by atoms with E-state index in [0.717, 1.165) is 50.5 Å². The van der Waals surface area contributed by atoms with Crippen LogP contribution >= 0.6 is 0 Å². The average Bonchev–Trinajstić information content (AvgIpc) is 2.43. The number of aliphatic hydroxyl groups excluding tert-OH is 1. The van der Waals surface area contributed by atoms with Gasteiger partial charge in [-0.3, -0.25) is 0 Å². The van der Waals surface area contributed by atoms with Gasteiger partial charge in [-0.25, -0.2) is 0 Å². The van der Waals surface area contributed by atoms with E-state index in [1.54, 1.807) is 0 Å². The molecule has 0 saturated heterocycles. The molecule has 2 aliphatic carbocycles. The number of hydrogen-bond acceptors (Lipinski definition) is 2. The maximum Gasteiger partial charge on any atom is 0.0822 e. The van der Waals surface area contributed by atoms with Crippen molar-refractivity contribution in [2.24, 2.45) is 5.92 Å². The first kappa shape index (κ1) is 13.1. The molecule has 2 aliphatic rings. The van der Waals surface area contributed by atoms with Crippen molar-refractivity contribution in [3.63, 3.8) is 0 Å². The molecule has 1 fully saturated rings. The van der Waals surface area contributed by atoms with Gasteiger partial charge < -0.3 is 10.2 Å². The van der Waals surface area contributed by atoms with Gasteiger partial charge in [0.1, 0.15) is 0 Å². The number of rotatable bonds is 2. The van der Waals surface area contributed by atoms with Crippen molar-refractivity contribution in [1.82, 2.24) is 0 Å². The van der Waals surface area contributed by atoms with E-state index in [-0.39, 0.29) is 5.92 Å². The molecule has 0 aromatic heterocycles. The zero-order chi connectivity index (χ0) is 13.3. The highest BCUT2D eigenvalue weighted by Gasteiger charge is 2.36. The second kappa shape index (κ2) is 5.26. The smallest absolute Gasteiger partial charge is 0.0822 e. The number of fused-ring (bicyclic) bond motifs is 1. The Kier molecular flexibility index (Phi) is 3.64. The highest BCUT2D eigenvalue weighted by Crippen LogP contribution is 2.42. The predicted molar refractivity (Wildman–Crippen MR) is 75.9 cm³/mol. The first-order valence-electron chi connectivity index (χ1n) is 7.66. The maximum atomic E-state index is 10.7. The van der Waals surface area contributed by atoms with Crippen LogP contribution in [0.1, 0.15) is 62.2 Å². The molecule has 1 saturated carbocycles. The maximum absolute atomic E-state index is 10.7. The third-order valence-corrected chi connectivity index (χ3v) is 5.03. The van der Waals surface area contributed by atoms with Gasteiger partial charge in [-0.15, -0.1) is 0 Å². The van der Waals surface area contributed by atoms with Gasteiger partial charge in [0.05, 0.1) is 11.7 Å². The standard InChI is InChI=1S/C17H24O2/c18-16-14(12-17(19)10-4-1-5-11-17)9-8-13-6-2-3-7-15(13)16/h2-3,6-7,14,16,18-19H,1,4-5,8-12H2. The van der Waals surface area contributed by atoms with Crippen molar-refractivity contribution in [1.29, 1.82) is 0 Å². The van der Waals surface area contributed by atoms with E-state index in [1.807, 2.05) is 18.2 Å². The molecule has 2 nitrogen and oxygen atoms in total. The van der Waals surface area contributed by atoms with Crippen LogP contribution in [-0.4, -0.2) is 15.8 Å². The molecule has 0 amide bonds. The summed E-state index contributed by atoms with van der Waals surface area (Å²) in [6.07, 6.45) is 7.76. The molecule has 2 atom stereocenters. The summed E-state index contributed by atoms with van der Waals surface area (Å²) in [6.45, 7) is 0. The molecule has 3 rings (SSSR count). The Balaban J connectivity index is 1.73. The van der Waals surface area contributed by atoms with Crippen molar-refractivity contribution >= 4 is 0 Å². The second-order valence-electron chi connectivity index (χ2n) is 6.43. The molecule has 0 radical (unpaired) electrons. The lowest BCUT2D eigenvalue weighted by Crippen LogP contribution is -2.36. The van der Waals surface area contributed by atoms with Crippen molar-refractivity contribution in [2.75, 3.05) is 0 Å². The molecule has 0 bridgehead atoms. The van der Waals surface area contributed by atoms with E-state index < -0.39 is 11.7 Å². The Bertz CT molecular complexity index is 435. The summed E-state index contributed by atoms with van der Waals surface area (Å²) in [4.78, 5) is 0. The van der Waals surface area contributed by atoms with Crippen LogP contribution in [0.15, 0.2) is 24.3 Å². The number of benzene rings is 1. The fourth-order valence-corrected chi connectivity index (χ4v) is 3.92. The zero-order valence-electron chi connectivity index (χ0n) is 11.5. The van der Waals surface area contributed by atoms with Crippen LogP contribution in [0.3, 0.4) is 0 Å². The highest BCUT2D eigenvalue weighted by molar-refractivity contribution is 5.31. The van der Waals surface area contributed by atoms with E-state index in [2.05, 4.69) is 6.07 Å². The van der Waals surface area contributed by atoms with Crippen LogP contribution in [0.5, 0.6) is 0 Å². The largest absolute Gasteiger partial charge is 0.390 e. The summed E-state index contributed by atoms with van der Waals surface area (Å²) in [6, 6.07) is 8.20. The zero-order valence-corrected chi connectivity index (χ0v) is 11.5. The number of aryl methyl sites for hydroxylation is 1. The first-order valence-corrected chi connectivity index (χ1v) is 7.66. The molecule has 19 heavy (non-hydrogen) atoms. The summed E-state index contributed by atoms with van der Waals surface area (Å²) in [5.74, 6) is 0.220. The molecule has 1 aromatic carbocycles. The summed E-state index contributed by atoms with van der Waals surface area (Å²) in [5, 5.41) is 21.2. The van der Waals surface area contributed by atoms with E-state index >= 15 is 0 Å². The van der Waals surface area contributed by atoms with Gasteiger partial charge in [0.2, 0.25) is 0 Å². The third-order valence-electron chi connectivity index (χ3n) is 5.03. The van der Waals surface area contributed by atoms with Crippen LogP contribution in [0.2, 0.25) is 0 Å². The Labute approximate surface area is 115 Å². The van der Waals surface area contributed by atoms with Gasteiger partial charge in [-0.05, 0) is 49.1 Å². The molecule has 2 N–H and O–H groups in total. The van der Waals surface area contributed by atoms with E-state index in [1.165, 1.54) is 12.0 Å². The number of aliphatic hydroxyl groups is 2. The Morgan fingerprint density at radius 2 is 1.84 bits per heavy atom. The van der Waals surface area contributed by atoms with Crippen molar-refractivity contribution in [2.45, 2.75) is 63.1 Å². The van der Waals surface area contributed by atoms with Crippen molar-refractivity contribution < 1.29 is 10.2 Å². The minimum atomic E-state index is -0.518. The Morgan fingerprint density at radius 1 is 1.11 bits per heavy atom. The van der Waals surface area contributed by atoms with Gasteiger partial charge in [0.25, 0.3) is 0 Å². The Hall–Kier alpha value is -0.860.